The second kappa shape index (κ2) is 7.34. The topological polar surface area (TPSA) is 62.6 Å². The molecule has 5 heteroatoms. The predicted octanol–water partition coefficient (Wildman–Crippen LogP) is 2.55. The summed E-state index contributed by atoms with van der Waals surface area (Å²) >= 11 is 0. The number of hydrogen-bond acceptors (Lipinski definition) is 3. The van der Waals surface area contributed by atoms with Crippen LogP contribution in [0.1, 0.15) is 34.5 Å². The van der Waals surface area contributed by atoms with Crippen LogP contribution in [-0.4, -0.2) is 35.8 Å². The quantitative estimate of drug-likeness (QED) is 0.939. The highest BCUT2D eigenvalue weighted by Crippen LogP contribution is 2.15. The minimum absolute atomic E-state index is 0.0383. The van der Waals surface area contributed by atoms with E-state index in [1.165, 1.54) is 6.26 Å². The number of amides is 2. The van der Waals surface area contributed by atoms with Crippen LogP contribution < -0.4 is 5.32 Å². The molecule has 1 N–H and O–H groups in total. The Hall–Kier alpha value is -2.56. The summed E-state index contributed by atoms with van der Waals surface area (Å²) in [5, 5.41) is 3.08. The van der Waals surface area contributed by atoms with Crippen LogP contribution >= 0.6 is 0 Å². The largest absolute Gasteiger partial charge is 0.459 e. The van der Waals surface area contributed by atoms with Gasteiger partial charge in [-0.15, -0.1) is 0 Å². The Bertz CT molecular complexity index is 701. The lowest BCUT2D eigenvalue weighted by atomic mass is 10.0. The molecule has 2 amide bonds. The van der Waals surface area contributed by atoms with E-state index in [2.05, 4.69) is 5.32 Å². The molecule has 3 rings (SSSR count). The van der Waals surface area contributed by atoms with Crippen molar-refractivity contribution in [3.8, 4) is 0 Å². The van der Waals surface area contributed by atoms with E-state index in [1.807, 2.05) is 31.2 Å². The van der Waals surface area contributed by atoms with Crippen LogP contribution in [0.15, 0.2) is 47.1 Å². The normalized spacial score (nSPS) is 15.3. The lowest BCUT2D eigenvalue weighted by Gasteiger charge is -2.31. The SMILES string of the molecule is Cc1cccc(CC(=O)NC2CCN(C(=O)c3ccco3)CC2)c1. The first-order chi connectivity index (χ1) is 11.6. The smallest absolute Gasteiger partial charge is 0.289 e. The van der Waals surface area contributed by atoms with Gasteiger partial charge in [-0.05, 0) is 37.5 Å². The lowest BCUT2D eigenvalue weighted by Crippen LogP contribution is -2.46. The number of aryl methyl sites for hydroxylation is 1. The number of likely N-dealkylation sites (tertiary alicyclic amines) is 1. The fraction of sp³-hybridized carbons (Fsp3) is 0.368. The average Bonchev–Trinajstić information content (AvgIpc) is 3.09. The van der Waals surface area contributed by atoms with Gasteiger partial charge in [-0.3, -0.25) is 9.59 Å². The second-order valence-corrected chi connectivity index (χ2v) is 6.28. The van der Waals surface area contributed by atoms with Crippen molar-refractivity contribution < 1.29 is 14.0 Å². The van der Waals surface area contributed by atoms with E-state index in [1.54, 1.807) is 17.0 Å². The molecule has 0 spiro atoms. The highest BCUT2D eigenvalue weighted by Gasteiger charge is 2.25. The van der Waals surface area contributed by atoms with Crippen LogP contribution in [0.5, 0.6) is 0 Å². The van der Waals surface area contributed by atoms with Crippen LogP contribution in [0.2, 0.25) is 0 Å². The number of carbonyl (C=O) groups excluding carboxylic acids is 2. The van der Waals surface area contributed by atoms with E-state index in [-0.39, 0.29) is 17.9 Å². The molecule has 1 aromatic heterocycles. The molecule has 1 aliphatic heterocycles. The van der Waals surface area contributed by atoms with E-state index in [9.17, 15) is 9.59 Å². The van der Waals surface area contributed by atoms with Crippen LogP contribution in [-0.2, 0) is 11.2 Å². The number of nitrogens with one attached hydrogen (secondary N) is 1. The highest BCUT2D eigenvalue weighted by molar-refractivity contribution is 5.91. The average molecular weight is 326 g/mol. The van der Waals surface area contributed by atoms with Crippen molar-refractivity contribution in [3.05, 3.63) is 59.5 Å². The van der Waals surface area contributed by atoms with Crippen molar-refractivity contribution in [2.45, 2.75) is 32.2 Å². The van der Waals surface area contributed by atoms with Crippen molar-refractivity contribution in [3.63, 3.8) is 0 Å². The zero-order valence-electron chi connectivity index (χ0n) is 13.8. The molecular weight excluding hydrogens is 304 g/mol. The van der Waals surface area contributed by atoms with Gasteiger partial charge in [0.05, 0.1) is 12.7 Å². The summed E-state index contributed by atoms with van der Waals surface area (Å²) in [7, 11) is 0. The Morgan fingerprint density at radius 3 is 2.67 bits per heavy atom. The molecule has 2 heterocycles. The zero-order valence-corrected chi connectivity index (χ0v) is 13.8. The summed E-state index contributed by atoms with van der Waals surface area (Å²) in [6.07, 6.45) is 3.44. The maximum Gasteiger partial charge on any atom is 0.289 e. The fourth-order valence-corrected chi connectivity index (χ4v) is 3.07. The van der Waals surface area contributed by atoms with Crippen LogP contribution in [0, 0.1) is 6.92 Å². The standard InChI is InChI=1S/C19H22N2O3/c1-14-4-2-5-15(12-14)13-18(22)20-16-7-9-21(10-8-16)19(23)17-6-3-11-24-17/h2-6,11-12,16H,7-10,13H2,1H3,(H,20,22). The van der Waals surface area contributed by atoms with Gasteiger partial charge in [0.2, 0.25) is 5.91 Å². The summed E-state index contributed by atoms with van der Waals surface area (Å²) in [4.78, 5) is 26.2. The summed E-state index contributed by atoms with van der Waals surface area (Å²) in [6, 6.07) is 11.5. The molecule has 1 fully saturated rings. The second-order valence-electron chi connectivity index (χ2n) is 6.28. The van der Waals surface area contributed by atoms with E-state index < -0.39 is 0 Å². The first-order valence-electron chi connectivity index (χ1n) is 8.29. The van der Waals surface area contributed by atoms with Crippen LogP contribution in [0.3, 0.4) is 0 Å². The number of rotatable bonds is 4. The van der Waals surface area contributed by atoms with Gasteiger partial charge in [-0.25, -0.2) is 0 Å². The molecule has 0 unspecified atom stereocenters. The highest BCUT2D eigenvalue weighted by atomic mass is 16.3. The van der Waals surface area contributed by atoms with Gasteiger partial charge >= 0.3 is 0 Å². The van der Waals surface area contributed by atoms with Crippen molar-refractivity contribution in [2.75, 3.05) is 13.1 Å². The Balaban J connectivity index is 1.47. The first-order valence-corrected chi connectivity index (χ1v) is 8.29. The Morgan fingerprint density at radius 1 is 1.21 bits per heavy atom. The van der Waals surface area contributed by atoms with E-state index in [0.29, 0.717) is 25.3 Å². The van der Waals surface area contributed by atoms with Gasteiger partial charge in [-0.1, -0.05) is 29.8 Å². The molecule has 0 aliphatic carbocycles. The van der Waals surface area contributed by atoms with Crippen molar-refractivity contribution in [1.29, 1.82) is 0 Å². The van der Waals surface area contributed by atoms with Gasteiger partial charge in [0.1, 0.15) is 0 Å². The van der Waals surface area contributed by atoms with Crippen molar-refractivity contribution >= 4 is 11.8 Å². The third-order valence-electron chi connectivity index (χ3n) is 4.33. The number of nitrogens with zero attached hydrogens (tertiary/aromatic N) is 1. The molecule has 1 saturated heterocycles. The van der Waals surface area contributed by atoms with Crippen molar-refractivity contribution in [1.82, 2.24) is 10.2 Å². The van der Waals surface area contributed by atoms with Gasteiger partial charge in [0.15, 0.2) is 5.76 Å². The lowest BCUT2D eigenvalue weighted by molar-refractivity contribution is -0.121. The summed E-state index contributed by atoms with van der Waals surface area (Å²) in [5.74, 6) is 0.331. The number of benzene rings is 1. The van der Waals surface area contributed by atoms with Crippen LogP contribution in [0.4, 0.5) is 0 Å². The van der Waals surface area contributed by atoms with Crippen LogP contribution in [0.25, 0.3) is 0 Å². The number of piperidine rings is 1. The zero-order chi connectivity index (χ0) is 16.9. The van der Waals surface area contributed by atoms with Gasteiger partial charge in [-0.2, -0.15) is 0 Å². The molecule has 126 valence electrons. The van der Waals surface area contributed by atoms with E-state index in [4.69, 9.17) is 4.42 Å². The van der Waals surface area contributed by atoms with Crippen molar-refractivity contribution in [2.24, 2.45) is 0 Å². The minimum Gasteiger partial charge on any atom is -0.459 e. The third-order valence-corrected chi connectivity index (χ3v) is 4.33. The van der Waals surface area contributed by atoms with Gasteiger partial charge in [0, 0.05) is 19.1 Å². The molecular formula is C19H22N2O3. The first kappa shape index (κ1) is 16.3. The number of hydrogen-bond donors (Lipinski definition) is 1. The Labute approximate surface area is 141 Å². The molecule has 1 aromatic carbocycles. The van der Waals surface area contributed by atoms with E-state index in [0.717, 1.165) is 24.0 Å². The molecule has 1 aliphatic rings. The monoisotopic (exact) mass is 326 g/mol. The maximum atomic E-state index is 12.2. The molecule has 2 aromatic rings. The summed E-state index contributed by atoms with van der Waals surface area (Å²) in [6.45, 7) is 3.29. The number of carbonyl (C=O) groups is 2. The Kier molecular flexibility index (Phi) is 4.99. The predicted molar refractivity (Wildman–Crippen MR) is 90.7 cm³/mol. The molecule has 0 saturated carbocycles. The molecule has 0 radical (unpaired) electrons. The van der Waals surface area contributed by atoms with Gasteiger partial charge in [0.25, 0.3) is 5.91 Å². The summed E-state index contributed by atoms with van der Waals surface area (Å²) in [5.41, 5.74) is 2.18. The Morgan fingerprint density at radius 2 is 2.00 bits per heavy atom. The molecule has 0 atom stereocenters. The summed E-state index contributed by atoms with van der Waals surface area (Å²) < 4.78 is 5.15. The van der Waals surface area contributed by atoms with Gasteiger partial charge < -0.3 is 14.6 Å². The molecule has 0 bridgehead atoms. The minimum atomic E-state index is -0.0791. The third kappa shape index (κ3) is 4.04. The maximum absolute atomic E-state index is 12.2. The fourth-order valence-electron chi connectivity index (χ4n) is 3.07. The molecule has 5 nitrogen and oxygen atoms in total. The van der Waals surface area contributed by atoms with E-state index >= 15 is 0 Å². The molecule has 24 heavy (non-hydrogen) atoms. The number of furan rings is 1.